The first-order valence-corrected chi connectivity index (χ1v) is 10.7. The molecule has 3 rings (SSSR count). The van der Waals surface area contributed by atoms with Gasteiger partial charge < -0.3 is 15.4 Å². The number of aromatic nitrogens is 3. The monoisotopic (exact) mass is 536 g/mol. The van der Waals surface area contributed by atoms with Crippen molar-refractivity contribution in [3.63, 3.8) is 0 Å². The number of aliphatic imine (C=N–C) groups is 1. The molecular formula is C23H33IN6O. The average molecular weight is 536 g/mol. The van der Waals surface area contributed by atoms with E-state index in [0.717, 1.165) is 67.7 Å². The van der Waals surface area contributed by atoms with Crippen molar-refractivity contribution in [2.45, 2.75) is 46.6 Å². The molecule has 0 saturated carbocycles. The Morgan fingerprint density at radius 1 is 1.13 bits per heavy atom. The van der Waals surface area contributed by atoms with Gasteiger partial charge in [0, 0.05) is 31.3 Å². The Bertz CT molecular complexity index is 972. The lowest BCUT2D eigenvalue weighted by molar-refractivity contribution is 0.314. The Kier molecular flexibility index (Phi) is 10.6. The number of fused-ring (bicyclic) bond motifs is 1. The number of hydrogen-bond acceptors (Lipinski definition) is 4. The number of hydrogen-bond donors (Lipinski definition) is 2. The summed E-state index contributed by atoms with van der Waals surface area (Å²) in [6.07, 6.45) is 4.78. The van der Waals surface area contributed by atoms with E-state index in [4.69, 9.17) is 9.73 Å². The van der Waals surface area contributed by atoms with Crippen molar-refractivity contribution in [1.29, 1.82) is 0 Å². The second kappa shape index (κ2) is 13.1. The number of benzene rings is 1. The number of halogens is 1. The summed E-state index contributed by atoms with van der Waals surface area (Å²) in [6, 6.07) is 12.2. The Hall–Kier alpha value is -2.36. The van der Waals surface area contributed by atoms with E-state index >= 15 is 0 Å². The van der Waals surface area contributed by atoms with Gasteiger partial charge in [-0.05, 0) is 50.5 Å². The Balaban J connectivity index is 0.00000341. The number of pyridine rings is 1. The molecule has 0 aliphatic rings. The van der Waals surface area contributed by atoms with Crippen molar-refractivity contribution in [2.75, 3.05) is 19.7 Å². The molecule has 2 aromatic heterocycles. The van der Waals surface area contributed by atoms with Gasteiger partial charge in [0.15, 0.2) is 11.6 Å². The minimum absolute atomic E-state index is 0. The largest absolute Gasteiger partial charge is 0.493 e. The van der Waals surface area contributed by atoms with Crippen LogP contribution < -0.4 is 15.4 Å². The van der Waals surface area contributed by atoms with Crippen molar-refractivity contribution in [3.8, 4) is 5.75 Å². The van der Waals surface area contributed by atoms with E-state index in [1.165, 1.54) is 5.56 Å². The fraction of sp³-hybridized carbons (Fsp3) is 0.435. The van der Waals surface area contributed by atoms with Crippen LogP contribution in [-0.2, 0) is 13.0 Å². The highest BCUT2D eigenvalue weighted by molar-refractivity contribution is 14.0. The van der Waals surface area contributed by atoms with Crippen LogP contribution in [0.3, 0.4) is 0 Å². The first-order valence-electron chi connectivity index (χ1n) is 10.7. The first-order chi connectivity index (χ1) is 14.7. The molecule has 3 aromatic rings. The minimum Gasteiger partial charge on any atom is -0.493 e. The molecule has 0 bridgehead atoms. The molecule has 31 heavy (non-hydrogen) atoms. The van der Waals surface area contributed by atoms with Gasteiger partial charge in [0.1, 0.15) is 11.6 Å². The number of aryl methyl sites for hydroxylation is 2. The van der Waals surface area contributed by atoms with Crippen LogP contribution in [0.1, 0.15) is 43.6 Å². The van der Waals surface area contributed by atoms with Crippen molar-refractivity contribution < 1.29 is 4.74 Å². The van der Waals surface area contributed by atoms with Crippen LogP contribution in [0.5, 0.6) is 5.75 Å². The summed E-state index contributed by atoms with van der Waals surface area (Å²) in [5, 5.41) is 15.2. The van der Waals surface area contributed by atoms with Gasteiger partial charge in [-0.1, -0.05) is 25.1 Å². The molecule has 0 fully saturated rings. The first kappa shape index (κ1) is 24.9. The van der Waals surface area contributed by atoms with Gasteiger partial charge in [-0.25, -0.2) is 4.99 Å². The third-order valence-corrected chi connectivity index (χ3v) is 4.69. The number of nitrogens with zero attached hydrogens (tertiary/aromatic N) is 4. The highest BCUT2D eigenvalue weighted by Crippen LogP contribution is 2.21. The molecule has 0 saturated heterocycles. The maximum Gasteiger partial charge on any atom is 0.191 e. The summed E-state index contributed by atoms with van der Waals surface area (Å²) in [7, 11) is 0. The maximum absolute atomic E-state index is 5.91. The van der Waals surface area contributed by atoms with Crippen LogP contribution in [0.25, 0.3) is 5.65 Å². The topological polar surface area (TPSA) is 75.8 Å². The molecule has 1 aromatic carbocycles. The average Bonchev–Trinajstić information content (AvgIpc) is 3.17. The van der Waals surface area contributed by atoms with Gasteiger partial charge in [0.2, 0.25) is 0 Å². The molecule has 0 spiro atoms. The highest BCUT2D eigenvalue weighted by Gasteiger charge is 2.06. The summed E-state index contributed by atoms with van der Waals surface area (Å²) in [5.74, 6) is 2.72. The Morgan fingerprint density at radius 2 is 2.00 bits per heavy atom. The van der Waals surface area contributed by atoms with Crippen molar-refractivity contribution in [3.05, 3.63) is 59.5 Å². The van der Waals surface area contributed by atoms with Crippen molar-refractivity contribution in [2.24, 2.45) is 4.99 Å². The van der Waals surface area contributed by atoms with Crippen molar-refractivity contribution in [1.82, 2.24) is 25.2 Å². The third kappa shape index (κ3) is 7.37. The molecule has 0 unspecified atom stereocenters. The predicted octanol–water partition coefficient (Wildman–Crippen LogP) is 4.13. The number of nitrogens with one attached hydrogen (secondary N) is 2. The van der Waals surface area contributed by atoms with E-state index in [-0.39, 0.29) is 24.0 Å². The summed E-state index contributed by atoms with van der Waals surface area (Å²) in [5.41, 5.74) is 3.18. The van der Waals surface area contributed by atoms with Gasteiger partial charge in [-0.3, -0.25) is 4.40 Å². The van der Waals surface area contributed by atoms with E-state index in [1.54, 1.807) is 0 Å². The quantitative estimate of drug-likeness (QED) is 0.176. The second-order valence-electron chi connectivity index (χ2n) is 7.23. The van der Waals surface area contributed by atoms with E-state index in [2.05, 4.69) is 59.8 Å². The SMILES string of the molecule is CCCOc1cc(C)ccc1CN=C(NCC)NCCCc1nnc2ccccn12.I. The molecule has 0 amide bonds. The van der Waals surface area contributed by atoms with Gasteiger partial charge >= 0.3 is 0 Å². The highest BCUT2D eigenvalue weighted by atomic mass is 127. The van der Waals surface area contributed by atoms with E-state index in [9.17, 15) is 0 Å². The molecular weight excluding hydrogens is 503 g/mol. The van der Waals surface area contributed by atoms with Crippen LogP contribution in [0.2, 0.25) is 0 Å². The smallest absolute Gasteiger partial charge is 0.191 e. The van der Waals surface area contributed by atoms with E-state index in [1.807, 2.05) is 28.8 Å². The zero-order chi connectivity index (χ0) is 21.2. The Morgan fingerprint density at radius 3 is 2.81 bits per heavy atom. The molecule has 168 valence electrons. The summed E-state index contributed by atoms with van der Waals surface area (Å²) >= 11 is 0. The molecule has 0 aliphatic heterocycles. The number of ether oxygens (including phenoxy) is 1. The number of guanidine groups is 1. The fourth-order valence-corrected chi connectivity index (χ4v) is 3.16. The Labute approximate surface area is 201 Å². The second-order valence-corrected chi connectivity index (χ2v) is 7.23. The molecule has 8 heteroatoms. The number of rotatable bonds is 10. The molecule has 0 aliphatic carbocycles. The minimum atomic E-state index is 0. The van der Waals surface area contributed by atoms with Crippen LogP contribution in [-0.4, -0.2) is 40.3 Å². The maximum atomic E-state index is 5.91. The molecule has 7 nitrogen and oxygen atoms in total. The molecule has 0 atom stereocenters. The van der Waals surface area contributed by atoms with Gasteiger partial charge in [0.05, 0.1) is 13.2 Å². The lowest BCUT2D eigenvalue weighted by Gasteiger charge is -2.13. The third-order valence-electron chi connectivity index (χ3n) is 4.69. The van der Waals surface area contributed by atoms with Crippen molar-refractivity contribution >= 4 is 35.6 Å². The summed E-state index contributed by atoms with van der Waals surface area (Å²) in [4.78, 5) is 4.75. The van der Waals surface area contributed by atoms with Crippen LogP contribution in [0.4, 0.5) is 0 Å². The summed E-state index contributed by atoms with van der Waals surface area (Å²) in [6.45, 7) is 9.17. The summed E-state index contributed by atoms with van der Waals surface area (Å²) < 4.78 is 7.95. The van der Waals surface area contributed by atoms with Crippen LogP contribution >= 0.6 is 24.0 Å². The molecule has 2 N–H and O–H groups in total. The van der Waals surface area contributed by atoms with Gasteiger partial charge in [0.25, 0.3) is 0 Å². The molecule has 0 radical (unpaired) electrons. The van der Waals surface area contributed by atoms with Crippen LogP contribution in [0.15, 0.2) is 47.6 Å². The zero-order valence-corrected chi connectivity index (χ0v) is 20.9. The predicted molar refractivity (Wildman–Crippen MR) is 137 cm³/mol. The van der Waals surface area contributed by atoms with E-state index < -0.39 is 0 Å². The van der Waals surface area contributed by atoms with E-state index in [0.29, 0.717) is 6.54 Å². The lowest BCUT2D eigenvalue weighted by atomic mass is 10.1. The van der Waals surface area contributed by atoms with Crippen LogP contribution in [0, 0.1) is 6.92 Å². The van der Waals surface area contributed by atoms with Gasteiger partial charge in [-0.15, -0.1) is 34.2 Å². The van der Waals surface area contributed by atoms with Gasteiger partial charge in [-0.2, -0.15) is 0 Å². The standard InChI is InChI=1S/C23H32N6O.HI/c1-4-15-30-20-16-18(3)11-12-19(20)17-26-23(24-5-2)25-13-8-10-22-28-27-21-9-6-7-14-29(21)22;/h6-7,9,11-12,14,16H,4-5,8,10,13,15,17H2,1-3H3,(H2,24,25,26);1H. The molecule has 2 heterocycles. The fourth-order valence-electron chi connectivity index (χ4n) is 3.16. The lowest BCUT2D eigenvalue weighted by Crippen LogP contribution is -2.37. The zero-order valence-electron chi connectivity index (χ0n) is 18.6. The normalized spacial score (nSPS) is 11.3.